The van der Waals surface area contributed by atoms with Gasteiger partial charge in [0.1, 0.15) is 0 Å². The van der Waals surface area contributed by atoms with Crippen molar-refractivity contribution in [2.45, 2.75) is 55.2 Å². The Morgan fingerprint density at radius 1 is 1.18 bits per heavy atom. The normalized spacial score (nSPS) is 19.2. The SMILES string of the molecule is CNC(C)c1ccccc1SC1CCCCC1. The molecule has 0 aromatic heterocycles. The highest BCUT2D eigenvalue weighted by Crippen LogP contribution is 2.36. The molecule has 1 aliphatic rings. The molecule has 17 heavy (non-hydrogen) atoms. The van der Waals surface area contributed by atoms with Gasteiger partial charge in [0, 0.05) is 16.2 Å². The number of hydrogen-bond donors (Lipinski definition) is 1. The first-order valence-corrected chi connectivity index (χ1v) is 7.62. The highest BCUT2D eigenvalue weighted by atomic mass is 32.2. The summed E-state index contributed by atoms with van der Waals surface area (Å²) in [5.74, 6) is 0. The molecule has 1 saturated carbocycles. The molecule has 2 rings (SSSR count). The fraction of sp³-hybridized carbons (Fsp3) is 0.600. The van der Waals surface area contributed by atoms with Crippen LogP contribution < -0.4 is 5.32 Å². The average molecular weight is 249 g/mol. The van der Waals surface area contributed by atoms with Gasteiger partial charge in [-0.25, -0.2) is 0 Å². The summed E-state index contributed by atoms with van der Waals surface area (Å²) in [7, 11) is 2.03. The molecule has 0 bridgehead atoms. The van der Waals surface area contributed by atoms with Crippen molar-refractivity contribution in [2.75, 3.05) is 7.05 Å². The van der Waals surface area contributed by atoms with Gasteiger partial charge in [0.25, 0.3) is 0 Å². The van der Waals surface area contributed by atoms with Crippen LogP contribution in [0.1, 0.15) is 50.6 Å². The van der Waals surface area contributed by atoms with E-state index in [1.807, 2.05) is 7.05 Å². The lowest BCUT2D eigenvalue weighted by Crippen LogP contribution is -2.14. The molecule has 0 saturated heterocycles. The summed E-state index contributed by atoms with van der Waals surface area (Å²) < 4.78 is 0. The van der Waals surface area contributed by atoms with E-state index in [0.717, 1.165) is 5.25 Å². The van der Waals surface area contributed by atoms with Gasteiger partial charge >= 0.3 is 0 Å². The van der Waals surface area contributed by atoms with Gasteiger partial charge in [0.05, 0.1) is 0 Å². The maximum absolute atomic E-state index is 3.35. The van der Waals surface area contributed by atoms with Crippen LogP contribution in [0.25, 0.3) is 0 Å². The molecule has 0 amide bonds. The van der Waals surface area contributed by atoms with Crippen molar-refractivity contribution >= 4 is 11.8 Å². The first-order chi connectivity index (χ1) is 8.31. The molecule has 94 valence electrons. The Morgan fingerprint density at radius 3 is 2.59 bits per heavy atom. The second kappa shape index (κ2) is 6.46. The smallest absolute Gasteiger partial charge is 0.0300 e. The van der Waals surface area contributed by atoms with Gasteiger partial charge in [0.15, 0.2) is 0 Å². The Bertz CT molecular complexity index is 345. The Morgan fingerprint density at radius 2 is 1.88 bits per heavy atom. The number of thioether (sulfide) groups is 1. The largest absolute Gasteiger partial charge is 0.313 e. The van der Waals surface area contributed by atoms with Crippen molar-refractivity contribution in [2.24, 2.45) is 0 Å². The van der Waals surface area contributed by atoms with Crippen LogP contribution in [-0.4, -0.2) is 12.3 Å². The van der Waals surface area contributed by atoms with Gasteiger partial charge in [-0.1, -0.05) is 37.5 Å². The molecule has 1 aliphatic carbocycles. The molecule has 1 aromatic carbocycles. The zero-order chi connectivity index (χ0) is 12.1. The van der Waals surface area contributed by atoms with Crippen LogP contribution in [-0.2, 0) is 0 Å². The summed E-state index contributed by atoms with van der Waals surface area (Å²) in [5, 5.41) is 4.19. The van der Waals surface area contributed by atoms with Crippen LogP contribution >= 0.6 is 11.8 Å². The summed E-state index contributed by atoms with van der Waals surface area (Å²) in [4.78, 5) is 1.47. The minimum absolute atomic E-state index is 0.447. The highest BCUT2D eigenvalue weighted by molar-refractivity contribution is 8.00. The van der Waals surface area contributed by atoms with E-state index in [1.54, 1.807) is 0 Å². The number of nitrogens with one attached hydrogen (secondary N) is 1. The topological polar surface area (TPSA) is 12.0 Å². The van der Waals surface area contributed by atoms with Gasteiger partial charge in [0.2, 0.25) is 0 Å². The Labute approximate surface area is 109 Å². The number of benzene rings is 1. The van der Waals surface area contributed by atoms with E-state index in [9.17, 15) is 0 Å². The third-order valence-electron chi connectivity index (χ3n) is 3.66. The molecule has 0 heterocycles. The van der Waals surface area contributed by atoms with E-state index in [1.165, 1.54) is 42.6 Å². The molecule has 1 atom stereocenters. The average Bonchev–Trinajstić information content (AvgIpc) is 2.40. The Balaban J connectivity index is 2.08. The molecule has 2 heteroatoms. The molecule has 0 spiro atoms. The summed E-state index contributed by atoms with van der Waals surface area (Å²) in [6, 6.07) is 9.29. The van der Waals surface area contributed by atoms with E-state index < -0.39 is 0 Å². The van der Waals surface area contributed by atoms with Crippen molar-refractivity contribution in [3.8, 4) is 0 Å². The van der Waals surface area contributed by atoms with Gasteiger partial charge in [-0.3, -0.25) is 0 Å². The lowest BCUT2D eigenvalue weighted by atomic mass is 10.0. The van der Waals surface area contributed by atoms with Gasteiger partial charge in [-0.2, -0.15) is 0 Å². The zero-order valence-corrected chi connectivity index (χ0v) is 11.7. The van der Waals surface area contributed by atoms with E-state index in [-0.39, 0.29) is 0 Å². The first-order valence-electron chi connectivity index (χ1n) is 6.74. The fourth-order valence-corrected chi connectivity index (χ4v) is 3.93. The monoisotopic (exact) mass is 249 g/mol. The minimum Gasteiger partial charge on any atom is -0.313 e. The summed E-state index contributed by atoms with van der Waals surface area (Å²) in [6.45, 7) is 2.24. The van der Waals surface area contributed by atoms with E-state index in [2.05, 4.69) is 48.3 Å². The number of hydrogen-bond acceptors (Lipinski definition) is 2. The third-order valence-corrected chi connectivity index (χ3v) is 5.09. The van der Waals surface area contributed by atoms with Crippen LogP contribution in [0.4, 0.5) is 0 Å². The second-order valence-corrected chi connectivity index (χ2v) is 6.27. The maximum atomic E-state index is 3.35. The molecule has 1 aromatic rings. The van der Waals surface area contributed by atoms with Crippen LogP contribution in [0.3, 0.4) is 0 Å². The Hall–Kier alpha value is -0.470. The fourth-order valence-electron chi connectivity index (χ4n) is 2.46. The number of rotatable bonds is 4. The molecule has 0 aliphatic heterocycles. The molecular formula is C15H23NS. The standard InChI is InChI=1S/C15H23NS/c1-12(16-2)14-10-6-7-11-15(14)17-13-8-4-3-5-9-13/h6-7,10-13,16H,3-5,8-9H2,1-2H3. The molecule has 0 radical (unpaired) electrons. The third kappa shape index (κ3) is 3.49. The van der Waals surface area contributed by atoms with Crippen LogP contribution in [0, 0.1) is 0 Å². The predicted octanol–water partition coefficient (Wildman–Crippen LogP) is 4.39. The second-order valence-electron chi connectivity index (χ2n) is 4.93. The zero-order valence-electron chi connectivity index (χ0n) is 10.9. The Kier molecular flexibility index (Phi) is 4.93. The maximum Gasteiger partial charge on any atom is 0.0300 e. The molecule has 1 fully saturated rings. The predicted molar refractivity (Wildman–Crippen MR) is 76.6 cm³/mol. The van der Waals surface area contributed by atoms with Crippen molar-refractivity contribution in [1.29, 1.82) is 0 Å². The molecular weight excluding hydrogens is 226 g/mol. The van der Waals surface area contributed by atoms with Crippen molar-refractivity contribution in [3.05, 3.63) is 29.8 Å². The molecule has 1 nitrogen and oxygen atoms in total. The van der Waals surface area contributed by atoms with Crippen LogP contribution in [0.5, 0.6) is 0 Å². The van der Waals surface area contributed by atoms with Crippen molar-refractivity contribution in [1.82, 2.24) is 5.32 Å². The summed E-state index contributed by atoms with van der Waals surface area (Å²) >= 11 is 2.09. The molecule has 1 N–H and O–H groups in total. The quantitative estimate of drug-likeness (QED) is 0.849. The van der Waals surface area contributed by atoms with E-state index >= 15 is 0 Å². The summed E-state index contributed by atoms with van der Waals surface area (Å²) in [6.07, 6.45) is 7.06. The summed E-state index contributed by atoms with van der Waals surface area (Å²) in [5.41, 5.74) is 1.45. The van der Waals surface area contributed by atoms with E-state index in [4.69, 9.17) is 0 Å². The lowest BCUT2D eigenvalue weighted by molar-refractivity contribution is 0.515. The van der Waals surface area contributed by atoms with Gasteiger partial charge in [-0.05, 0) is 38.4 Å². The van der Waals surface area contributed by atoms with Gasteiger partial charge < -0.3 is 5.32 Å². The molecule has 1 unspecified atom stereocenters. The van der Waals surface area contributed by atoms with Gasteiger partial charge in [-0.15, -0.1) is 11.8 Å². The van der Waals surface area contributed by atoms with Crippen molar-refractivity contribution in [3.63, 3.8) is 0 Å². The van der Waals surface area contributed by atoms with E-state index in [0.29, 0.717) is 6.04 Å². The first kappa shape index (κ1) is 13.0. The van der Waals surface area contributed by atoms with Crippen molar-refractivity contribution < 1.29 is 0 Å². The minimum atomic E-state index is 0.447. The van der Waals surface area contributed by atoms with Crippen LogP contribution in [0.15, 0.2) is 29.2 Å². The highest BCUT2D eigenvalue weighted by Gasteiger charge is 2.17. The lowest BCUT2D eigenvalue weighted by Gasteiger charge is -2.23. The van der Waals surface area contributed by atoms with Crippen LogP contribution in [0.2, 0.25) is 0 Å².